The van der Waals surface area contributed by atoms with Crippen LogP contribution in [0.1, 0.15) is 45.1 Å². The molecule has 0 fully saturated rings. The Morgan fingerprint density at radius 2 is 1.89 bits per heavy atom. The first-order valence-corrected chi connectivity index (χ1v) is 6.94. The third-order valence-corrected chi connectivity index (χ3v) is 2.88. The number of anilines is 1. The van der Waals surface area contributed by atoms with Crippen LogP contribution in [-0.4, -0.2) is 42.1 Å². The van der Waals surface area contributed by atoms with Crippen LogP contribution in [0.2, 0.25) is 0 Å². The maximum atomic E-state index is 4.58. The minimum atomic E-state index is 0.209. The summed E-state index contributed by atoms with van der Waals surface area (Å²) in [5, 5.41) is 3.45. The maximum absolute atomic E-state index is 4.58. The molecule has 4 heteroatoms. The van der Waals surface area contributed by atoms with Crippen LogP contribution in [0, 0.1) is 12.3 Å². The third-order valence-electron chi connectivity index (χ3n) is 2.88. The Hall–Kier alpha value is -1.16. The Morgan fingerprint density at radius 1 is 1.26 bits per heavy atom. The number of aryl methyl sites for hydroxylation is 1. The van der Waals surface area contributed by atoms with Gasteiger partial charge < -0.3 is 10.2 Å². The molecule has 0 spiro atoms. The first kappa shape index (κ1) is 15.9. The molecule has 1 rings (SSSR count). The molecule has 0 saturated heterocycles. The van der Waals surface area contributed by atoms with E-state index >= 15 is 0 Å². The first-order valence-electron chi connectivity index (χ1n) is 6.94. The molecule has 0 atom stereocenters. The Balaban J connectivity index is 2.72. The van der Waals surface area contributed by atoms with Gasteiger partial charge in [0.25, 0.3) is 0 Å². The molecule has 0 saturated carbocycles. The highest BCUT2D eigenvalue weighted by atomic mass is 15.1. The number of hydrogen-bond donors (Lipinski definition) is 1. The van der Waals surface area contributed by atoms with Gasteiger partial charge in [-0.2, -0.15) is 0 Å². The average Bonchev–Trinajstić information content (AvgIpc) is 2.24. The van der Waals surface area contributed by atoms with E-state index in [9.17, 15) is 0 Å². The van der Waals surface area contributed by atoms with E-state index in [0.29, 0.717) is 5.92 Å². The lowest BCUT2D eigenvalue weighted by Crippen LogP contribution is -2.34. The zero-order valence-electron chi connectivity index (χ0n) is 13.4. The molecule has 1 N–H and O–H groups in total. The first-order chi connectivity index (χ1) is 8.69. The van der Waals surface area contributed by atoms with Gasteiger partial charge in [0.15, 0.2) is 0 Å². The Labute approximate surface area is 117 Å². The second-order valence-electron chi connectivity index (χ2n) is 6.66. The largest absolute Gasteiger partial charge is 0.369 e. The molecule has 108 valence electrons. The van der Waals surface area contributed by atoms with E-state index in [1.807, 2.05) is 13.0 Å². The number of nitrogens with one attached hydrogen (secondary N) is 1. The van der Waals surface area contributed by atoms with Gasteiger partial charge in [0.1, 0.15) is 11.6 Å². The quantitative estimate of drug-likeness (QED) is 0.857. The van der Waals surface area contributed by atoms with E-state index in [-0.39, 0.29) is 5.41 Å². The zero-order valence-corrected chi connectivity index (χ0v) is 13.4. The summed E-state index contributed by atoms with van der Waals surface area (Å²) in [5.41, 5.74) is 1.23. The molecule has 0 aromatic carbocycles. The topological polar surface area (TPSA) is 41.0 Å². The normalized spacial score (nSPS) is 12.3. The van der Waals surface area contributed by atoms with Crippen LogP contribution in [0.3, 0.4) is 0 Å². The van der Waals surface area contributed by atoms with Crippen molar-refractivity contribution >= 4 is 5.82 Å². The van der Waals surface area contributed by atoms with Crippen LogP contribution in [0.15, 0.2) is 6.07 Å². The molecule has 0 aliphatic heterocycles. The van der Waals surface area contributed by atoms with Gasteiger partial charge in [0.05, 0.1) is 0 Å². The van der Waals surface area contributed by atoms with Crippen LogP contribution < -0.4 is 5.32 Å². The van der Waals surface area contributed by atoms with Crippen molar-refractivity contribution in [3.63, 3.8) is 0 Å². The molecule has 0 aliphatic rings. The smallest absolute Gasteiger partial charge is 0.133 e. The van der Waals surface area contributed by atoms with Gasteiger partial charge in [-0.1, -0.05) is 27.7 Å². The molecule has 19 heavy (non-hydrogen) atoms. The number of rotatable bonds is 6. The van der Waals surface area contributed by atoms with Crippen molar-refractivity contribution in [1.82, 2.24) is 14.9 Å². The van der Waals surface area contributed by atoms with Gasteiger partial charge in [-0.15, -0.1) is 0 Å². The second kappa shape index (κ2) is 6.33. The zero-order chi connectivity index (χ0) is 14.6. The van der Waals surface area contributed by atoms with Gasteiger partial charge in [-0.25, -0.2) is 9.97 Å². The van der Waals surface area contributed by atoms with Gasteiger partial charge in [-0.3, -0.25) is 0 Å². The predicted molar refractivity (Wildman–Crippen MR) is 81.7 cm³/mol. The summed E-state index contributed by atoms with van der Waals surface area (Å²) in [7, 11) is 4.21. The molecule has 0 radical (unpaired) electrons. The van der Waals surface area contributed by atoms with Crippen LogP contribution in [-0.2, 0) is 0 Å². The molecular weight excluding hydrogens is 236 g/mol. The highest BCUT2D eigenvalue weighted by Crippen LogP contribution is 2.18. The Bertz CT molecular complexity index is 411. The molecule has 0 bridgehead atoms. The van der Waals surface area contributed by atoms with Crippen molar-refractivity contribution in [1.29, 1.82) is 0 Å². The summed E-state index contributed by atoms with van der Waals surface area (Å²) in [6, 6.07) is 2.01. The highest BCUT2D eigenvalue weighted by molar-refractivity contribution is 5.36. The number of nitrogens with zero attached hydrogens (tertiary/aromatic N) is 3. The van der Waals surface area contributed by atoms with Crippen molar-refractivity contribution in [2.75, 3.05) is 32.5 Å². The molecule has 0 aliphatic carbocycles. The molecule has 1 aromatic rings. The van der Waals surface area contributed by atoms with Crippen molar-refractivity contribution < 1.29 is 0 Å². The molecule has 1 aromatic heterocycles. The fourth-order valence-electron chi connectivity index (χ4n) is 2.18. The van der Waals surface area contributed by atoms with Crippen molar-refractivity contribution in [3.05, 3.63) is 17.6 Å². The van der Waals surface area contributed by atoms with Crippen LogP contribution in [0.4, 0.5) is 5.82 Å². The van der Waals surface area contributed by atoms with Crippen molar-refractivity contribution in [2.24, 2.45) is 5.41 Å². The van der Waals surface area contributed by atoms with Crippen LogP contribution >= 0.6 is 0 Å². The maximum Gasteiger partial charge on any atom is 0.133 e. The lowest BCUT2D eigenvalue weighted by atomic mass is 9.93. The monoisotopic (exact) mass is 264 g/mol. The number of hydrogen-bond acceptors (Lipinski definition) is 4. The number of aromatic nitrogens is 2. The summed E-state index contributed by atoms with van der Waals surface area (Å²) in [6.45, 7) is 12.7. The fourth-order valence-corrected chi connectivity index (χ4v) is 2.18. The minimum Gasteiger partial charge on any atom is -0.369 e. The fraction of sp³-hybridized carbons (Fsp3) is 0.733. The molecule has 0 unspecified atom stereocenters. The molecule has 0 amide bonds. The highest BCUT2D eigenvalue weighted by Gasteiger charge is 2.19. The van der Waals surface area contributed by atoms with Crippen LogP contribution in [0.5, 0.6) is 0 Å². The lowest BCUT2D eigenvalue weighted by Gasteiger charge is -2.28. The van der Waals surface area contributed by atoms with E-state index in [1.165, 1.54) is 0 Å². The standard InChI is InChI=1S/C15H28N4/c1-11(2)14-17-12(3)8-13(18-14)16-9-15(4,5)10-19(6)7/h8,11H,9-10H2,1-7H3,(H,16,17,18). The Morgan fingerprint density at radius 3 is 2.42 bits per heavy atom. The van der Waals surface area contributed by atoms with Crippen molar-refractivity contribution in [3.8, 4) is 0 Å². The van der Waals surface area contributed by atoms with Gasteiger partial charge in [0.2, 0.25) is 0 Å². The van der Waals surface area contributed by atoms with E-state index in [4.69, 9.17) is 0 Å². The summed E-state index contributed by atoms with van der Waals surface area (Å²) in [5.74, 6) is 2.20. The summed E-state index contributed by atoms with van der Waals surface area (Å²) in [4.78, 5) is 11.3. The van der Waals surface area contributed by atoms with E-state index in [1.54, 1.807) is 0 Å². The second-order valence-corrected chi connectivity index (χ2v) is 6.66. The SMILES string of the molecule is Cc1cc(NCC(C)(C)CN(C)C)nc(C(C)C)n1. The summed E-state index contributed by atoms with van der Waals surface area (Å²) >= 11 is 0. The van der Waals surface area contributed by atoms with Gasteiger partial charge in [-0.05, 0) is 26.4 Å². The van der Waals surface area contributed by atoms with E-state index < -0.39 is 0 Å². The van der Waals surface area contributed by atoms with Gasteiger partial charge >= 0.3 is 0 Å². The average molecular weight is 264 g/mol. The van der Waals surface area contributed by atoms with Gasteiger partial charge in [0, 0.05) is 30.8 Å². The summed E-state index contributed by atoms with van der Waals surface area (Å²) < 4.78 is 0. The third kappa shape index (κ3) is 5.55. The lowest BCUT2D eigenvalue weighted by molar-refractivity contribution is 0.254. The molecule has 1 heterocycles. The molecule has 4 nitrogen and oxygen atoms in total. The molecular formula is C15H28N4. The summed E-state index contributed by atoms with van der Waals surface area (Å²) in [6.07, 6.45) is 0. The van der Waals surface area contributed by atoms with Crippen LogP contribution in [0.25, 0.3) is 0 Å². The van der Waals surface area contributed by atoms with E-state index in [2.05, 4.69) is 62.0 Å². The minimum absolute atomic E-state index is 0.209. The van der Waals surface area contributed by atoms with E-state index in [0.717, 1.165) is 30.4 Å². The van der Waals surface area contributed by atoms with Crippen molar-refractivity contribution in [2.45, 2.75) is 40.5 Å². The Kier molecular flexibility index (Phi) is 5.29. The predicted octanol–water partition coefficient (Wildman–Crippen LogP) is 2.91.